The predicted molar refractivity (Wildman–Crippen MR) is 82.8 cm³/mol. The van der Waals surface area contributed by atoms with Crippen molar-refractivity contribution in [2.24, 2.45) is 0 Å². The van der Waals surface area contributed by atoms with Crippen molar-refractivity contribution in [3.8, 4) is 11.5 Å². The van der Waals surface area contributed by atoms with Crippen LogP contribution >= 0.6 is 0 Å². The molecule has 2 aromatic rings. The molecule has 1 aromatic heterocycles. The molecule has 1 aromatic carbocycles. The Bertz CT molecular complexity index is 745. The van der Waals surface area contributed by atoms with Crippen molar-refractivity contribution < 1.29 is 19.2 Å². The molecule has 2 rings (SSSR count). The molecule has 0 fully saturated rings. The standard InChI is InChI=1S/C14H17N5O5/c1-9(11-6-10(23-2)4-5-12(11)24-3)16-13(20)7-18-8-15-14(17-18)19(21)22/h4-6,8-9H,7H2,1-3H3,(H,16,20). The fourth-order valence-electron chi connectivity index (χ4n) is 2.13. The molecule has 0 saturated carbocycles. The second-order valence-electron chi connectivity index (χ2n) is 4.90. The van der Waals surface area contributed by atoms with E-state index in [9.17, 15) is 14.9 Å². The van der Waals surface area contributed by atoms with Gasteiger partial charge in [0.1, 0.15) is 18.0 Å². The number of carbonyl (C=O) groups excluding carboxylic acids is 1. The molecular weight excluding hydrogens is 318 g/mol. The van der Waals surface area contributed by atoms with E-state index >= 15 is 0 Å². The van der Waals surface area contributed by atoms with Gasteiger partial charge in [0, 0.05) is 10.7 Å². The Labute approximate surface area is 137 Å². The number of aromatic nitrogens is 3. The van der Waals surface area contributed by atoms with Gasteiger partial charge in [0.2, 0.25) is 12.2 Å². The number of hydrogen-bond donors (Lipinski definition) is 1. The number of ether oxygens (including phenoxy) is 2. The van der Waals surface area contributed by atoms with Gasteiger partial charge in [-0.25, -0.2) is 0 Å². The second-order valence-corrected chi connectivity index (χ2v) is 4.90. The first-order valence-corrected chi connectivity index (χ1v) is 6.99. The number of methoxy groups -OCH3 is 2. The maximum Gasteiger partial charge on any atom is 0.490 e. The molecule has 0 radical (unpaired) electrons. The van der Waals surface area contributed by atoms with E-state index in [0.29, 0.717) is 11.5 Å². The van der Waals surface area contributed by atoms with Crippen molar-refractivity contribution in [2.75, 3.05) is 14.2 Å². The van der Waals surface area contributed by atoms with Gasteiger partial charge in [-0.05, 0) is 30.0 Å². The zero-order chi connectivity index (χ0) is 17.7. The van der Waals surface area contributed by atoms with E-state index in [-0.39, 0.29) is 18.5 Å². The fourth-order valence-corrected chi connectivity index (χ4v) is 2.13. The number of nitrogens with one attached hydrogen (secondary N) is 1. The smallest absolute Gasteiger partial charge is 0.490 e. The summed E-state index contributed by atoms with van der Waals surface area (Å²) in [6.45, 7) is 1.61. The van der Waals surface area contributed by atoms with Crippen molar-refractivity contribution in [1.29, 1.82) is 0 Å². The molecule has 0 aliphatic heterocycles. The van der Waals surface area contributed by atoms with Crippen molar-refractivity contribution in [2.45, 2.75) is 19.5 Å². The SMILES string of the molecule is COc1ccc(OC)c(C(C)NC(=O)Cn2cnc([N+](=O)[O-])n2)c1. The molecule has 0 saturated heterocycles. The van der Waals surface area contributed by atoms with Gasteiger partial charge in [0.25, 0.3) is 0 Å². The first kappa shape index (κ1) is 17.2. The van der Waals surface area contributed by atoms with Gasteiger partial charge in [-0.15, -0.1) is 0 Å². The van der Waals surface area contributed by atoms with Crippen LogP contribution in [0.4, 0.5) is 5.95 Å². The number of hydrogen-bond acceptors (Lipinski definition) is 7. The normalized spacial score (nSPS) is 11.6. The van der Waals surface area contributed by atoms with E-state index < -0.39 is 10.9 Å². The average molecular weight is 335 g/mol. The molecule has 128 valence electrons. The Hall–Kier alpha value is -3.17. The molecule has 0 spiro atoms. The molecule has 1 unspecified atom stereocenters. The highest BCUT2D eigenvalue weighted by atomic mass is 16.6. The van der Waals surface area contributed by atoms with Crippen molar-refractivity contribution >= 4 is 11.9 Å². The van der Waals surface area contributed by atoms with Crippen LogP contribution in [0.25, 0.3) is 0 Å². The van der Waals surface area contributed by atoms with Crippen molar-refractivity contribution in [3.63, 3.8) is 0 Å². The van der Waals surface area contributed by atoms with Crippen LogP contribution in [-0.4, -0.2) is 39.8 Å². The lowest BCUT2D eigenvalue weighted by molar-refractivity contribution is -0.394. The Morgan fingerprint density at radius 1 is 1.42 bits per heavy atom. The van der Waals surface area contributed by atoms with E-state index in [1.54, 1.807) is 32.2 Å². The minimum absolute atomic E-state index is 0.183. The average Bonchev–Trinajstić information content (AvgIpc) is 3.02. The minimum atomic E-state index is -0.724. The monoisotopic (exact) mass is 335 g/mol. The summed E-state index contributed by atoms with van der Waals surface area (Å²) in [5.74, 6) is 0.330. The van der Waals surface area contributed by atoms with Crippen LogP contribution in [0, 0.1) is 10.1 Å². The topological polar surface area (TPSA) is 121 Å². The van der Waals surface area contributed by atoms with Crippen LogP contribution in [0.1, 0.15) is 18.5 Å². The third-order valence-corrected chi connectivity index (χ3v) is 3.27. The number of carbonyl (C=O) groups is 1. The van der Waals surface area contributed by atoms with Gasteiger partial charge in [-0.3, -0.25) is 4.79 Å². The maximum absolute atomic E-state index is 12.1. The highest BCUT2D eigenvalue weighted by molar-refractivity contribution is 5.76. The molecule has 1 N–H and O–H groups in total. The van der Waals surface area contributed by atoms with Gasteiger partial charge >= 0.3 is 5.95 Å². The summed E-state index contributed by atoms with van der Waals surface area (Å²) in [4.78, 5) is 25.4. The molecule has 10 nitrogen and oxygen atoms in total. The van der Waals surface area contributed by atoms with Crippen LogP contribution in [-0.2, 0) is 11.3 Å². The largest absolute Gasteiger partial charge is 0.497 e. The zero-order valence-electron chi connectivity index (χ0n) is 13.4. The van der Waals surface area contributed by atoms with Gasteiger partial charge in [0.05, 0.1) is 20.3 Å². The van der Waals surface area contributed by atoms with E-state index in [2.05, 4.69) is 15.4 Å². The molecule has 0 aliphatic rings. The maximum atomic E-state index is 12.1. The van der Waals surface area contributed by atoms with E-state index in [4.69, 9.17) is 9.47 Å². The van der Waals surface area contributed by atoms with Crippen LogP contribution in [0.15, 0.2) is 24.5 Å². The van der Waals surface area contributed by atoms with Gasteiger partial charge in [-0.2, -0.15) is 4.68 Å². The Balaban J connectivity index is 2.06. The Morgan fingerprint density at radius 3 is 2.75 bits per heavy atom. The summed E-state index contributed by atoms with van der Waals surface area (Å²) in [5.41, 5.74) is 0.745. The molecule has 10 heteroatoms. The molecule has 1 amide bonds. The molecule has 0 bridgehead atoms. The lowest BCUT2D eigenvalue weighted by atomic mass is 10.1. The summed E-state index contributed by atoms with van der Waals surface area (Å²) in [6, 6.07) is 4.91. The summed E-state index contributed by atoms with van der Waals surface area (Å²) >= 11 is 0. The van der Waals surface area contributed by atoms with Crippen molar-refractivity contribution in [3.05, 3.63) is 40.2 Å². The summed E-state index contributed by atoms with van der Waals surface area (Å²) < 4.78 is 11.6. The van der Waals surface area contributed by atoms with Crippen LogP contribution in [0.3, 0.4) is 0 Å². The number of amides is 1. The molecule has 24 heavy (non-hydrogen) atoms. The summed E-state index contributed by atoms with van der Waals surface area (Å²) in [6.07, 6.45) is 1.13. The molecular formula is C14H17N5O5. The number of rotatable bonds is 7. The second kappa shape index (κ2) is 7.40. The third-order valence-electron chi connectivity index (χ3n) is 3.27. The van der Waals surface area contributed by atoms with E-state index in [1.807, 2.05) is 0 Å². The van der Waals surface area contributed by atoms with Crippen LogP contribution in [0.5, 0.6) is 11.5 Å². The Morgan fingerprint density at radius 2 is 2.17 bits per heavy atom. The Kier molecular flexibility index (Phi) is 5.30. The fraction of sp³-hybridized carbons (Fsp3) is 0.357. The first-order chi connectivity index (χ1) is 11.4. The number of nitrogens with zero attached hydrogens (tertiary/aromatic N) is 4. The summed E-state index contributed by atoms with van der Waals surface area (Å²) in [7, 11) is 3.08. The van der Waals surface area contributed by atoms with Gasteiger partial charge < -0.3 is 24.9 Å². The predicted octanol–water partition coefficient (Wildman–Crippen LogP) is 1.08. The zero-order valence-corrected chi connectivity index (χ0v) is 13.4. The van der Waals surface area contributed by atoms with Crippen LogP contribution in [0.2, 0.25) is 0 Å². The van der Waals surface area contributed by atoms with E-state index in [1.165, 1.54) is 7.11 Å². The molecule has 1 heterocycles. The highest BCUT2D eigenvalue weighted by Crippen LogP contribution is 2.29. The first-order valence-electron chi connectivity index (χ1n) is 6.99. The van der Waals surface area contributed by atoms with E-state index in [0.717, 1.165) is 16.6 Å². The molecule has 1 atom stereocenters. The quantitative estimate of drug-likeness (QED) is 0.593. The van der Waals surface area contributed by atoms with Gasteiger partial charge in [0.15, 0.2) is 0 Å². The van der Waals surface area contributed by atoms with Gasteiger partial charge in [-0.1, -0.05) is 4.98 Å². The third kappa shape index (κ3) is 3.97. The lowest BCUT2D eigenvalue weighted by Gasteiger charge is -2.18. The lowest BCUT2D eigenvalue weighted by Crippen LogP contribution is -2.30. The summed E-state index contributed by atoms with van der Waals surface area (Å²) in [5, 5.41) is 16.9. The molecule has 0 aliphatic carbocycles. The van der Waals surface area contributed by atoms with Crippen LogP contribution < -0.4 is 14.8 Å². The minimum Gasteiger partial charge on any atom is -0.497 e. The number of nitro groups is 1. The van der Waals surface area contributed by atoms with Crippen molar-refractivity contribution in [1.82, 2.24) is 20.1 Å². The number of benzene rings is 1. The highest BCUT2D eigenvalue weighted by Gasteiger charge is 2.18.